The monoisotopic (exact) mass is 310 g/mol. The Kier molecular flexibility index (Phi) is 5.34. The van der Waals surface area contributed by atoms with Gasteiger partial charge in [-0.25, -0.2) is 4.79 Å². The second-order valence-corrected chi connectivity index (χ2v) is 5.92. The minimum atomic E-state index is -0.362. The van der Waals surface area contributed by atoms with E-state index in [9.17, 15) is 4.79 Å². The summed E-state index contributed by atoms with van der Waals surface area (Å²) in [7, 11) is 0. The molecule has 0 spiro atoms. The van der Waals surface area contributed by atoms with Crippen molar-refractivity contribution in [2.24, 2.45) is 5.92 Å². The zero-order chi connectivity index (χ0) is 15.4. The normalized spacial score (nSPS) is 14.0. The van der Waals surface area contributed by atoms with Crippen molar-refractivity contribution in [3.63, 3.8) is 0 Å². The highest BCUT2D eigenvalue weighted by molar-refractivity contribution is 6.34. The Morgan fingerprint density at radius 3 is 2.71 bits per heavy atom. The van der Waals surface area contributed by atoms with Crippen LogP contribution in [-0.2, 0) is 4.74 Å². The Hall–Kier alpha value is -1.42. The summed E-state index contributed by atoms with van der Waals surface area (Å²) in [4.78, 5) is 14.4. The minimum absolute atomic E-state index is 0.334. The number of hydrogen-bond donors (Lipinski definition) is 1. The molecule has 0 bridgehead atoms. The molecule has 1 fully saturated rings. The van der Waals surface area contributed by atoms with Crippen molar-refractivity contribution in [1.82, 2.24) is 0 Å². The average Bonchev–Trinajstić information content (AvgIpc) is 3.22. The van der Waals surface area contributed by atoms with Gasteiger partial charge >= 0.3 is 5.97 Å². The lowest BCUT2D eigenvalue weighted by atomic mass is 10.1. The molecule has 0 radical (unpaired) electrons. The molecule has 1 aromatic carbocycles. The first-order valence-electron chi connectivity index (χ1n) is 7.57. The third-order valence-corrected chi connectivity index (χ3v) is 3.85. The first-order chi connectivity index (χ1) is 10.1. The number of nitrogens with zero attached hydrogens (tertiary/aromatic N) is 1. The number of nitrogen functional groups attached to an aromatic ring is 1. The largest absolute Gasteiger partial charge is 0.462 e. The zero-order valence-corrected chi connectivity index (χ0v) is 13.4. The fourth-order valence-electron chi connectivity index (χ4n) is 2.48. The van der Waals surface area contributed by atoms with Crippen molar-refractivity contribution < 1.29 is 9.53 Å². The van der Waals surface area contributed by atoms with Crippen LogP contribution in [0.2, 0.25) is 5.02 Å². The summed E-state index contributed by atoms with van der Waals surface area (Å²) < 4.78 is 5.15. The molecule has 0 amide bonds. The quantitative estimate of drug-likeness (QED) is 0.616. The van der Waals surface area contributed by atoms with Gasteiger partial charge in [0.2, 0.25) is 0 Å². The molecule has 0 aromatic heterocycles. The van der Waals surface area contributed by atoms with Crippen LogP contribution in [0.25, 0.3) is 0 Å². The number of rotatable bonds is 7. The third kappa shape index (κ3) is 4.03. The number of nitrogens with two attached hydrogens (primary N) is 1. The van der Waals surface area contributed by atoms with Gasteiger partial charge in [0, 0.05) is 18.8 Å². The van der Waals surface area contributed by atoms with Crippen molar-refractivity contribution in [3.05, 3.63) is 22.7 Å². The number of carbonyl (C=O) groups is 1. The van der Waals surface area contributed by atoms with E-state index in [0.717, 1.165) is 25.2 Å². The van der Waals surface area contributed by atoms with Gasteiger partial charge in [0.15, 0.2) is 0 Å². The van der Waals surface area contributed by atoms with Gasteiger partial charge in [0.1, 0.15) is 0 Å². The molecule has 2 N–H and O–H groups in total. The molecule has 0 heterocycles. The van der Waals surface area contributed by atoms with E-state index >= 15 is 0 Å². The van der Waals surface area contributed by atoms with Crippen molar-refractivity contribution in [2.45, 2.75) is 33.1 Å². The lowest BCUT2D eigenvalue weighted by Crippen LogP contribution is -2.29. The highest BCUT2D eigenvalue weighted by Gasteiger charge is 2.28. The van der Waals surface area contributed by atoms with Gasteiger partial charge in [-0.2, -0.15) is 0 Å². The Balaban J connectivity index is 2.39. The molecule has 0 atom stereocenters. The van der Waals surface area contributed by atoms with Crippen LogP contribution < -0.4 is 10.6 Å². The molecule has 1 aliphatic rings. The van der Waals surface area contributed by atoms with Gasteiger partial charge in [-0.1, -0.05) is 18.5 Å². The Morgan fingerprint density at radius 2 is 2.14 bits per heavy atom. The summed E-state index contributed by atoms with van der Waals surface area (Å²) in [6, 6.07) is 3.37. The highest BCUT2D eigenvalue weighted by Crippen LogP contribution is 2.37. The maximum atomic E-state index is 12.2. The van der Waals surface area contributed by atoms with Crippen LogP contribution in [0.1, 0.15) is 43.5 Å². The van der Waals surface area contributed by atoms with E-state index in [1.807, 2.05) is 0 Å². The smallest absolute Gasteiger partial charge is 0.340 e. The Labute approximate surface area is 131 Å². The van der Waals surface area contributed by atoms with Crippen molar-refractivity contribution >= 4 is 28.9 Å². The zero-order valence-electron chi connectivity index (χ0n) is 12.7. The first kappa shape index (κ1) is 16.0. The molecule has 0 unspecified atom stereocenters. The molecule has 1 aromatic rings. The molecule has 0 saturated heterocycles. The fraction of sp³-hybridized carbons (Fsp3) is 0.562. The summed E-state index contributed by atoms with van der Waals surface area (Å²) in [6.07, 6.45) is 3.50. The highest BCUT2D eigenvalue weighted by atomic mass is 35.5. The van der Waals surface area contributed by atoms with E-state index < -0.39 is 0 Å². The number of hydrogen-bond acceptors (Lipinski definition) is 4. The van der Waals surface area contributed by atoms with Crippen molar-refractivity contribution in [3.8, 4) is 0 Å². The molecule has 5 heteroatoms. The van der Waals surface area contributed by atoms with Crippen LogP contribution in [-0.4, -0.2) is 25.7 Å². The average molecular weight is 311 g/mol. The number of anilines is 2. The van der Waals surface area contributed by atoms with Gasteiger partial charge in [-0.3, -0.25) is 0 Å². The maximum Gasteiger partial charge on any atom is 0.340 e. The third-order valence-electron chi connectivity index (χ3n) is 3.57. The summed E-state index contributed by atoms with van der Waals surface area (Å²) in [5, 5.41) is 0.521. The van der Waals surface area contributed by atoms with E-state index in [1.165, 1.54) is 12.8 Å². The summed E-state index contributed by atoms with van der Waals surface area (Å²) in [6.45, 7) is 6.05. The summed E-state index contributed by atoms with van der Waals surface area (Å²) >= 11 is 6.38. The van der Waals surface area contributed by atoms with Crippen LogP contribution in [0.5, 0.6) is 0 Å². The van der Waals surface area contributed by atoms with Crippen molar-refractivity contribution in [2.75, 3.05) is 30.3 Å². The second kappa shape index (κ2) is 7.03. The lowest BCUT2D eigenvalue weighted by molar-refractivity contribution is 0.0527. The SMILES string of the molecule is CCCN(CC1CC1)c1c(Cl)cc(N)cc1C(=O)OCC. The number of esters is 1. The van der Waals surface area contributed by atoms with E-state index in [0.29, 0.717) is 28.8 Å². The van der Waals surface area contributed by atoms with Gasteiger partial charge in [0.05, 0.1) is 22.9 Å². The van der Waals surface area contributed by atoms with Gasteiger partial charge in [-0.15, -0.1) is 0 Å². The maximum absolute atomic E-state index is 12.2. The van der Waals surface area contributed by atoms with Crippen LogP contribution >= 0.6 is 11.6 Å². The van der Waals surface area contributed by atoms with E-state index in [2.05, 4.69) is 11.8 Å². The van der Waals surface area contributed by atoms with Crippen LogP contribution in [0.3, 0.4) is 0 Å². The van der Waals surface area contributed by atoms with E-state index in [1.54, 1.807) is 19.1 Å². The van der Waals surface area contributed by atoms with Crippen LogP contribution in [0.4, 0.5) is 11.4 Å². The Morgan fingerprint density at radius 1 is 1.43 bits per heavy atom. The molecule has 2 rings (SSSR count). The van der Waals surface area contributed by atoms with Gasteiger partial charge < -0.3 is 15.4 Å². The predicted molar refractivity (Wildman–Crippen MR) is 87.0 cm³/mol. The standard InChI is InChI=1S/C16H23ClN2O2/c1-3-7-19(10-11-5-6-11)15-13(16(20)21-4-2)8-12(18)9-14(15)17/h8-9,11H,3-7,10,18H2,1-2H3. The lowest BCUT2D eigenvalue weighted by Gasteiger charge is -2.27. The number of halogens is 1. The molecule has 21 heavy (non-hydrogen) atoms. The van der Waals surface area contributed by atoms with E-state index in [-0.39, 0.29) is 5.97 Å². The van der Waals surface area contributed by atoms with Crippen LogP contribution in [0.15, 0.2) is 12.1 Å². The molecule has 4 nitrogen and oxygen atoms in total. The Bertz CT molecular complexity index is 515. The summed E-state index contributed by atoms with van der Waals surface area (Å²) in [5.41, 5.74) is 7.55. The van der Waals surface area contributed by atoms with Crippen molar-refractivity contribution in [1.29, 1.82) is 0 Å². The number of carbonyl (C=O) groups excluding carboxylic acids is 1. The molecular weight excluding hydrogens is 288 g/mol. The van der Waals surface area contributed by atoms with Gasteiger partial charge in [-0.05, 0) is 44.2 Å². The predicted octanol–water partition coefficient (Wildman–Crippen LogP) is 3.73. The molecule has 0 aliphatic heterocycles. The molecule has 116 valence electrons. The molecular formula is C16H23ClN2O2. The second-order valence-electron chi connectivity index (χ2n) is 5.51. The molecule has 1 saturated carbocycles. The number of benzene rings is 1. The minimum Gasteiger partial charge on any atom is -0.462 e. The summed E-state index contributed by atoms with van der Waals surface area (Å²) in [5.74, 6) is 0.346. The molecule has 1 aliphatic carbocycles. The van der Waals surface area contributed by atoms with Crippen LogP contribution in [0, 0.1) is 5.92 Å². The topological polar surface area (TPSA) is 55.6 Å². The van der Waals surface area contributed by atoms with Gasteiger partial charge in [0.25, 0.3) is 0 Å². The number of ether oxygens (including phenoxy) is 1. The fourth-order valence-corrected chi connectivity index (χ4v) is 2.83. The first-order valence-corrected chi connectivity index (χ1v) is 7.95. The van der Waals surface area contributed by atoms with E-state index in [4.69, 9.17) is 22.1 Å².